The van der Waals surface area contributed by atoms with E-state index >= 15 is 0 Å². The lowest BCUT2D eigenvalue weighted by atomic mass is 10.1. The summed E-state index contributed by atoms with van der Waals surface area (Å²) >= 11 is 0. The summed E-state index contributed by atoms with van der Waals surface area (Å²) in [6.45, 7) is 0. The second-order valence-electron chi connectivity index (χ2n) is 8.49. The number of para-hydroxylation sites is 1. The summed E-state index contributed by atoms with van der Waals surface area (Å²) < 4.78 is 11.8. The van der Waals surface area contributed by atoms with Crippen LogP contribution in [0.4, 0.5) is 11.4 Å². The van der Waals surface area contributed by atoms with Crippen molar-refractivity contribution < 1.29 is 19.1 Å². The van der Waals surface area contributed by atoms with E-state index in [2.05, 4.69) is 10.6 Å². The van der Waals surface area contributed by atoms with E-state index in [1.165, 1.54) is 12.8 Å². The molecular formula is C27H26N2O4. The van der Waals surface area contributed by atoms with Crippen molar-refractivity contribution >= 4 is 23.2 Å². The van der Waals surface area contributed by atoms with Crippen LogP contribution in [0.25, 0.3) is 0 Å². The third-order valence-electron chi connectivity index (χ3n) is 6.03. The van der Waals surface area contributed by atoms with E-state index in [4.69, 9.17) is 9.47 Å². The zero-order valence-electron chi connectivity index (χ0n) is 18.3. The Bertz CT molecular complexity index is 1150. The van der Waals surface area contributed by atoms with Gasteiger partial charge in [0, 0.05) is 29.4 Å². The highest BCUT2D eigenvalue weighted by atomic mass is 16.5. The van der Waals surface area contributed by atoms with Crippen molar-refractivity contribution in [1.82, 2.24) is 0 Å². The summed E-state index contributed by atoms with van der Waals surface area (Å²) in [5, 5.41) is 5.78. The van der Waals surface area contributed by atoms with E-state index in [9.17, 15) is 9.59 Å². The Hall–Kier alpha value is -3.80. The van der Waals surface area contributed by atoms with Gasteiger partial charge in [-0.2, -0.15) is 0 Å². The second-order valence-corrected chi connectivity index (χ2v) is 8.49. The number of hydrogen-bond donors (Lipinski definition) is 2. The van der Waals surface area contributed by atoms with Crippen LogP contribution >= 0.6 is 0 Å². The molecule has 0 aromatic heterocycles. The van der Waals surface area contributed by atoms with Crippen molar-refractivity contribution in [3.8, 4) is 11.5 Å². The standard InChI is InChI=1S/C27H26N2O4/c30-26(28-21-10-6-13-23(17-21)32-22-11-2-3-12-22)19-8-5-9-20(15-19)29-27(31)25-16-18-7-1-4-14-24(18)33-25/h1,4-10,13-15,17,22,25H,2-3,11-12,16H2,(H,28,30)(H,29,31). The quantitative estimate of drug-likeness (QED) is 0.550. The van der Waals surface area contributed by atoms with E-state index in [1.54, 1.807) is 24.3 Å². The predicted molar refractivity (Wildman–Crippen MR) is 127 cm³/mol. The molecule has 6 nitrogen and oxygen atoms in total. The van der Waals surface area contributed by atoms with Crippen molar-refractivity contribution in [2.75, 3.05) is 10.6 Å². The zero-order valence-corrected chi connectivity index (χ0v) is 18.3. The van der Waals surface area contributed by atoms with E-state index in [0.717, 1.165) is 29.9 Å². The Balaban J connectivity index is 1.21. The van der Waals surface area contributed by atoms with Crippen molar-refractivity contribution in [2.24, 2.45) is 0 Å². The molecule has 0 bridgehead atoms. The number of carbonyl (C=O) groups is 2. The first-order valence-corrected chi connectivity index (χ1v) is 11.4. The molecule has 6 heteroatoms. The second kappa shape index (κ2) is 9.36. The van der Waals surface area contributed by atoms with E-state index in [-0.39, 0.29) is 17.9 Å². The van der Waals surface area contributed by atoms with Crippen LogP contribution in [0.2, 0.25) is 0 Å². The van der Waals surface area contributed by atoms with Gasteiger partial charge >= 0.3 is 0 Å². The average Bonchev–Trinajstić information content (AvgIpc) is 3.49. The van der Waals surface area contributed by atoms with Gasteiger partial charge in [0.05, 0.1) is 6.10 Å². The Morgan fingerprint density at radius 1 is 0.848 bits per heavy atom. The van der Waals surface area contributed by atoms with Crippen LogP contribution in [0.1, 0.15) is 41.6 Å². The smallest absolute Gasteiger partial charge is 0.265 e. The predicted octanol–water partition coefficient (Wildman–Crippen LogP) is 5.20. The molecule has 2 N–H and O–H groups in total. The molecular weight excluding hydrogens is 416 g/mol. The summed E-state index contributed by atoms with van der Waals surface area (Å²) in [6.07, 6.45) is 4.76. The van der Waals surface area contributed by atoms with Gasteiger partial charge in [-0.25, -0.2) is 0 Å². The molecule has 3 aromatic rings. The number of nitrogens with one attached hydrogen (secondary N) is 2. The summed E-state index contributed by atoms with van der Waals surface area (Å²) in [7, 11) is 0. The molecule has 2 amide bonds. The fraction of sp³-hybridized carbons (Fsp3) is 0.259. The highest BCUT2D eigenvalue weighted by molar-refractivity contribution is 6.05. The minimum atomic E-state index is -0.581. The molecule has 3 aromatic carbocycles. The summed E-state index contributed by atoms with van der Waals surface area (Å²) in [6, 6.07) is 22.0. The van der Waals surface area contributed by atoms with E-state index in [0.29, 0.717) is 23.4 Å². The molecule has 2 aliphatic rings. The Morgan fingerprint density at radius 3 is 2.42 bits per heavy atom. The summed E-state index contributed by atoms with van der Waals surface area (Å²) in [5.41, 5.74) is 2.68. The number of anilines is 2. The Morgan fingerprint density at radius 2 is 1.61 bits per heavy atom. The molecule has 0 saturated heterocycles. The Labute approximate surface area is 192 Å². The van der Waals surface area contributed by atoms with Gasteiger partial charge in [-0.05, 0) is 67.6 Å². The molecule has 0 radical (unpaired) electrons. The van der Waals surface area contributed by atoms with E-state index < -0.39 is 6.10 Å². The maximum Gasteiger partial charge on any atom is 0.265 e. The van der Waals surface area contributed by atoms with Gasteiger partial charge in [0.2, 0.25) is 0 Å². The SMILES string of the molecule is O=C(Nc1cccc(OC2CCCC2)c1)c1cccc(NC(=O)C2Cc3ccccc3O2)c1. The number of fused-ring (bicyclic) bond motifs is 1. The third kappa shape index (κ3) is 5.00. The van der Waals surface area contributed by atoms with Crippen molar-refractivity contribution in [3.05, 3.63) is 83.9 Å². The first-order chi connectivity index (χ1) is 16.1. The van der Waals surface area contributed by atoms with Crippen LogP contribution in [-0.4, -0.2) is 24.0 Å². The molecule has 33 heavy (non-hydrogen) atoms. The number of carbonyl (C=O) groups excluding carboxylic acids is 2. The summed E-state index contributed by atoms with van der Waals surface area (Å²) in [5.74, 6) is 1.01. The molecule has 1 aliphatic carbocycles. The van der Waals surface area contributed by atoms with Crippen molar-refractivity contribution in [1.29, 1.82) is 0 Å². The highest BCUT2D eigenvalue weighted by Gasteiger charge is 2.28. The van der Waals surface area contributed by atoms with Gasteiger partial charge in [0.25, 0.3) is 11.8 Å². The van der Waals surface area contributed by atoms with Crippen LogP contribution < -0.4 is 20.1 Å². The van der Waals surface area contributed by atoms with Gasteiger partial charge in [-0.1, -0.05) is 30.3 Å². The van der Waals surface area contributed by atoms with Gasteiger partial charge in [-0.15, -0.1) is 0 Å². The van der Waals surface area contributed by atoms with Gasteiger partial charge in [0.1, 0.15) is 11.5 Å². The fourth-order valence-corrected chi connectivity index (χ4v) is 4.34. The van der Waals surface area contributed by atoms with Crippen LogP contribution in [0.15, 0.2) is 72.8 Å². The number of hydrogen-bond acceptors (Lipinski definition) is 4. The maximum atomic E-state index is 12.8. The first kappa shape index (κ1) is 21.1. The van der Waals surface area contributed by atoms with E-state index in [1.807, 2.05) is 48.5 Å². The van der Waals surface area contributed by atoms with Crippen LogP contribution in [0, 0.1) is 0 Å². The maximum absolute atomic E-state index is 12.8. The minimum absolute atomic E-state index is 0.236. The highest BCUT2D eigenvalue weighted by Crippen LogP contribution is 2.29. The number of rotatable bonds is 6. The largest absolute Gasteiger partial charge is 0.490 e. The molecule has 1 saturated carbocycles. The zero-order chi connectivity index (χ0) is 22.6. The molecule has 1 atom stereocenters. The van der Waals surface area contributed by atoms with Gasteiger partial charge < -0.3 is 20.1 Å². The first-order valence-electron chi connectivity index (χ1n) is 11.4. The fourth-order valence-electron chi connectivity index (χ4n) is 4.34. The topological polar surface area (TPSA) is 76.7 Å². The minimum Gasteiger partial charge on any atom is -0.490 e. The van der Waals surface area contributed by atoms with Gasteiger partial charge in [-0.3, -0.25) is 9.59 Å². The monoisotopic (exact) mass is 442 g/mol. The van der Waals surface area contributed by atoms with Crippen LogP contribution in [0.3, 0.4) is 0 Å². The lowest BCUT2D eigenvalue weighted by Gasteiger charge is -2.14. The van der Waals surface area contributed by atoms with Crippen molar-refractivity contribution in [3.63, 3.8) is 0 Å². The molecule has 5 rings (SSSR count). The average molecular weight is 443 g/mol. The lowest BCUT2D eigenvalue weighted by molar-refractivity contribution is -0.122. The van der Waals surface area contributed by atoms with Crippen LogP contribution in [-0.2, 0) is 11.2 Å². The molecule has 1 unspecified atom stereocenters. The molecule has 168 valence electrons. The molecule has 1 heterocycles. The molecule has 1 aliphatic heterocycles. The van der Waals surface area contributed by atoms with Crippen LogP contribution in [0.5, 0.6) is 11.5 Å². The van der Waals surface area contributed by atoms with Gasteiger partial charge in [0.15, 0.2) is 6.10 Å². The van der Waals surface area contributed by atoms with Crippen molar-refractivity contribution in [2.45, 2.75) is 44.3 Å². The normalized spacial score (nSPS) is 17.2. The Kier molecular flexibility index (Phi) is 5.98. The number of amides is 2. The number of benzene rings is 3. The molecule has 1 fully saturated rings. The number of ether oxygens (including phenoxy) is 2. The summed E-state index contributed by atoms with van der Waals surface area (Å²) in [4.78, 5) is 25.5. The third-order valence-corrected chi connectivity index (χ3v) is 6.03. The molecule has 0 spiro atoms. The lowest BCUT2D eigenvalue weighted by Crippen LogP contribution is -2.31.